The number of carbonyl (C=O) groups is 2. The molecule has 0 aromatic heterocycles. The minimum atomic E-state index is -0.638. The molecular formula is C11H11ClN2O5. The van der Waals surface area contributed by atoms with Gasteiger partial charge in [-0.15, -0.1) is 0 Å². The molecule has 7 nitrogen and oxygen atoms in total. The normalized spacial score (nSPS) is 9.79. The minimum absolute atomic E-state index is 0.0446. The lowest BCUT2D eigenvalue weighted by atomic mass is 10.2. The predicted octanol–water partition coefficient (Wildman–Crippen LogP) is 1.54. The van der Waals surface area contributed by atoms with Crippen molar-refractivity contribution in [1.29, 1.82) is 0 Å². The molecule has 0 aliphatic carbocycles. The van der Waals surface area contributed by atoms with E-state index in [1.807, 2.05) is 0 Å². The van der Waals surface area contributed by atoms with Crippen LogP contribution in [0.25, 0.3) is 0 Å². The second kappa shape index (κ2) is 6.69. The van der Waals surface area contributed by atoms with E-state index in [1.165, 1.54) is 19.2 Å². The summed E-state index contributed by atoms with van der Waals surface area (Å²) < 4.78 is 4.41. The topological polar surface area (TPSA) is 98.5 Å². The SMILES string of the molecule is COC(=O)CCNC(=O)c1ccc([N+](=O)[O-])c(Cl)c1. The van der Waals surface area contributed by atoms with Crippen molar-refractivity contribution in [1.82, 2.24) is 5.32 Å². The molecule has 1 aromatic carbocycles. The lowest BCUT2D eigenvalue weighted by Crippen LogP contribution is -2.26. The highest BCUT2D eigenvalue weighted by molar-refractivity contribution is 6.33. The number of nitro benzene ring substituents is 1. The Hall–Kier alpha value is -2.15. The molecule has 1 amide bonds. The zero-order valence-electron chi connectivity index (χ0n) is 10.0. The van der Waals surface area contributed by atoms with E-state index in [4.69, 9.17) is 11.6 Å². The highest BCUT2D eigenvalue weighted by Gasteiger charge is 2.15. The average Bonchev–Trinajstić information content (AvgIpc) is 2.37. The number of hydrogen-bond acceptors (Lipinski definition) is 5. The van der Waals surface area contributed by atoms with E-state index >= 15 is 0 Å². The molecule has 102 valence electrons. The number of esters is 1. The molecule has 0 saturated carbocycles. The van der Waals surface area contributed by atoms with E-state index < -0.39 is 16.8 Å². The number of methoxy groups -OCH3 is 1. The Morgan fingerprint density at radius 3 is 2.68 bits per heavy atom. The third-order valence-electron chi connectivity index (χ3n) is 2.25. The standard InChI is InChI=1S/C11H11ClN2O5/c1-19-10(15)4-5-13-11(16)7-2-3-9(14(17)18)8(12)6-7/h2-3,6H,4-5H2,1H3,(H,13,16). The lowest BCUT2D eigenvalue weighted by molar-refractivity contribution is -0.384. The fourth-order valence-corrected chi connectivity index (χ4v) is 1.53. The minimum Gasteiger partial charge on any atom is -0.469 e. The molecule has 0 radical (unpaired) electrons. The van der Waals surface area contributed by atoms with Crippen LogP contribution in [0.3, 0.4) is 0 Å². The van der Waals surface area contributed by atoms with Gasteiger partial charge in [0.15, 0.2) is 0 Å². The van der Waals surface area contributed by atoms with Crippen molar-refractivity contribution in [2.75, 3.05) is 13.7 Å². The van der Waals surface area contributed by atoms with Crippen molar-refractivity contribution >= 4 is 29.2 Å². The molecule has 0 fully saturated rings. The van der Waals surface area contributed by atoms with Crippen molar-refractivity contribution in [2.45, 2.75) is 6.42 Å². The summed E-state index contributed by atoms with van der Waals surface area (Å²) in [4.78, 5) is 32.4. The van der Waals surface area contributed by atoms with E-state index in [2.05, 4.69) is 10.1 Å². The number of benzene rings is 1. The summed E-state index contributed by atoms with van der Waals surface area (Å²) in [6.45, 7) is 0.111. The second-order valence-electron chi connectivity index (χ2n) is 3.51. The molecule has 0 saturated heterocycles. The van der Waals surface area contributed by atoms with Crippen molar-refractivity contribution in [2.24, 2.45) is 0 Å². The van der Waals surface area contributed by atoms with Gasteiger partial charge in [-0.05, 0) is 12.1 Å². The molecule has 0 heterocycles. The Morgan fingerprint density at radius 2 is 2.16 bits per heavy atom. The summed E-state index contributed by atoms with van der Waals surface area (Å²) in [5, 5.41) is 12.9. The van der Waals surface area contributed by atoms with Crippen molar-refractivity contribution in [3.63, 3.8) is 0 Å². The Morgan fingerprint density at radius 1 is 1.47 bits per heavy atom. The van der Waals surface area contributed by atoms with Crippen molar-refractivity contribution < 1.29 is 19.2 Å². The van der Waals surface area contributed by atoms with Crippen LogP contribution in [0.15, 0.2) is 18.2 Å². The number of nitrogens with one attached hydrogen (secondary N) is 1. The molecule has 0 unspecified atom stereocenters. The van der Waals surface area contributed by atoms with Crippen LogP contribution in [0, 0.1) is 10.1 Å². The number of amides is 1. The monoisotopic (exact) mass is 286 g/mol. The van der Waals surface area contributed by atoms with Gasteiger partial charge in [-0.2, -0.15) is 0 Å². The predicted molar refractivity (Wildman–Crippen MR) is 67.1 cm³/mol. The number of rotatable bonds is 5. The number of hydrogen-bond donors (Lipinski definition) is 1. The number of ether oxygens (including phenoxy) is 1. The van der Waals surface area contributed by atoms with E-state index in [0.29, 0.717) is 0 Å². The molecule has 0 aliphatic heterocycles. The van der Waals surface area contributed by atoms with Gasteiger partial charge in [0.25, 0.3) is 11.6 Å². The summed E-state index contributed by atoms with van der Waals surface area (Å²) in [7, 11) is 1.25. The van der Waals surface area contributed by atoms with Crippen LogP contribution in [-0.4, -0.2) is 30.5 Å². The molecule has 19 heavy (non-hydrogen) atoms. The highest BCUT2D eigenvalue weighted by Crippen LogP contribution is 2.24. The number of nitro groups is 1. The molecule has 1 aromatic rings. The van der Waals surface area contributed by atoms with Gasteiger partial charge in [-0.1, -0.05) is 11.6 Å². The molecule has 1 rings (SSSR count). The van der Waals surface area contributed by atoms with Gasteiger partial charge >= 0.3 is 5.97 Å². The molecule has 1 N–H and O–H groups in total. The lowest BCUT2D eigenvalue weighted by Gasteiger charge is -2.05. The molecule has 8 heteroatoms. The van der Waals surface area contributed by atoms with Crippen molar-refractivity contribution in [3.05, 3.63) is 38.9 Å². The summed E-state index contributed by atoms with van der Waals surface area (Å²) in [6.07, 6.45) is 0.0446. The van der Waals surface area contributed by atoms with Crippen LogP contribution in [0.4, 0.5) is 5.69 Å². The van der Waals surface area contributed by atoms with E-state index in [0.717, 1.165) is 6.07 Å². The Kier molecular flexibility index (Phi) is 5.25. The van der Waals surface area contributed by atoms with Gasteiger partial charge in [0, 0.05) is 18.2 Å². The zero-order valence-corrected chi connectivity index (χ0v) is 10.8. The molecule has 0 bridgehead atoms. The third kappa shape index (κ3) is 4.22. The quantitative estimate of drug-likeness (QED) is 0.503. The van der Waals surface area contributed by atoms with Crippen LogP contribution in [0.1, 0.15) is 16.8 Å². The van der Waals surface area contributed by atoms with E-state index in [9.17, 15) is 19.7 Å². The molecule has 0 atom stereocenters. The van der Waals surface area contributed by atoms with Crippen molar-refractivity contribution in [3.8, 4) is 0 Å². The van der Waals surface area contributed by atoms with Crippen LogP contribution in [-0.2, 0) is 9.53 Å². The fraction of sp³-hybridized carbons (Fsp3) is 0.273. The maximum atomic E-state index is 11.7. The number of carbonyl (C=O) groups excluding carboxylic acids is 2. The molecule has 0 aliphatic rings. The van der Waals surface area contributed by atoms with Crippen LogP contribution in [0.5, 0.6) is 0 Å². The van der Waals surface area contributed by atoms with Gasteiger partial charge in [0.05, 0.1) is 18.5 Å². The summed E-state index contributed by atoms with van der Waals surface area (Å²) in [6, 6.07) is 3.64. The highest BCUT2D eigenvalue weighted by atomic mass is 35.5. The van der Waals surface area contributed by atoms with E-state index in [1.54, 1.807) is 0 Å². The Labute approximate surface area is 113 Å². The van der Waals surface area contributed by atoms with Crippen LogP contribution in [0.2, 0.25) is 5.02 Å². The van der Waals surface area contributed by atoms with Crippen LogP contribution >= 0.6 is 11.6 Å². The maximum absolute atomic E-state index is 11.7. The zero-order chi connectivity index (χ0) is 14.4. The van der Waals surface area contributed by atoms with Gasteiger partial charge < -0.3 is 10.1 Å². The first-order valence-corrected chi connectivity index (χ1v) is 5.62. The summed E-state index contributed by atoms with van der Waals surface area (Å²) in [5.74, 6) is -0.914. The second-order valence-corrected chi connectivity index (χ2v) is 3.91. The Balaban J connectivity index is 2.65. The fourth-order valence-electron chi connectivity index (χ4n) is 1.28. The van der Waals surface area contributed by atoms with Gasteiger partial charge in [0.2, 0.25) is 0 Å². The summed E-state index contributed by atoms with van der Waals surface area (Å²) >= 11 is 5.68. The molecule has 0 spiro atoms. The smallest absolute Gasteiger partial charge is 0.307 e. The first kappa shape index (κ1) is 14.9. The van der Waals surface area contributed by atoms with E-state index in [-0.39, 0.29) is 29.2 Å². The number of halogens is 1. The number of nitrogens with zero attached hydrogens (tertiary/aromatic N) is 1. The maximum Gasteiger partial charge on any atom is 0.307 e. The summed E-state index contributed by atoms with van der Waals surface area (Å²) in [5.41, 5.74) is -0.0896. The first-order valence-electron chi connectivity index (χ1n) is 5.24. The molecular weight excluding hydrogens is 276 g/mol. The van der Waals surface area contributed by atoms with Gasteiger partial charge in [-0.25, -0.2) is 0 Å². The largest absolute Gasteiger partial charge is 0.469 e. The third-order valence-corrected chi connectivity index (χ3v) is 2.55. The van der Waals surface area contributed by atoms with Gasteiger partial charge in [0.1, 0.15) is 5.02 Å². The average molecular weight is 287 g/mol. The first-order chi connectivity index (χ1) is 8.95. The Bertz CT molecular complexity index is 518. The van der Waals surface area contributed by atoms with Gasteiger partial charge in [-0.3, -0.25) is 19.7 Å². The van der Waals surface area contributed by atoms with Crippen LogP contribution < -0.4 is 5.32 Å².